The monoisotopic (exact) mass is 602 g/mol. The number of nitrogens with one attached hydrogen (secondary N) is 3. The summed E-state index contributed by atoms with van der Waals surface area (Å²) in [5.74, 6) is -7.36. The number of aromatic nitrogens is 4. The number of carbonyl (C=O) groups is 2. The Morgan fingerprint density at radius 2 is 1.88 bits per heavy atom. The average molecular weight is 603 g/mol. The van der Waals surface area contributed by atoms with Gasteiger partial charge in [0.05, 0.1) is 24.1 Å². The molecule has 0 unspecified atom stereocenters. The number of hydrogen-bond acceptors (Lipinski definition) is 7. The second-order valence-corrected chi connectivity index (χ2v) is 10.7. The van der Waals surface area contributed by atoms with Crippen molar-refractivity contribution in [3.63, 3.8) is 0 Å². The molecule has 3 aromatic rings. The lowest BCUT2D eigenvalue weighted by atomic mass is 9.81. The number of halogens is 6. The van der Waals surface area contributed by atoms with Crippen molar-refractivity contribution in [1.29, 1.82) is 0 Å². The first-order valence-electron chi connectivity index (χ1n) is 13.4. The molecular formula is C26H28F6N6O4. The zero-order chi connectivity index (χ0) is 30.2. The molecule has 0 saturated heterocycles. The van der Waals surface area contributed by atoms with E-state index in [1.165, 1.54) is 19.2 Å². The summed E-state index contributed by atoms with van der Waals surface area (Å²) >= 11 is 0. The summed E-state index contributed by atoms with van der Waals surface area (Å²) in [5.41, 5.74) is 0.0487. The average Bonchev–Trinajstić information content (AvgIpc) is 3.48. The van der Waals surface area contributed by atoms with Crippen LogP contribution < -0.4 is 10.6 Å². The number of nitrogens with zero attached hydrogens (tertiary/aromatic N) is 3. The van der Waals surface area contributed by atoms with E-state index in [0.717, 1.165) is 12.8 Å². The molecule has 2 heterocycles. The Kier molecular flexibility index (Phi) is 8.18. The third-order valence-corrected chi connectivity index (χ3v) is 7.64. The molecule has 2 aromatic heterocycles. The quantitative estimate of drug-likeness (QED) is 0.287. The predicted octanol–water partition coefficient (Wildman–Crippen LogP) is 4.67. The van der Waals surface area contributed by atoms with Crippen LogP contribution in [0.25, 0.3) is 11.0 Å². The van der Waals surface area contributed by atoms with Gasteiger partial charge in [-0.15, -0.1) is 0 Å². The highest BCUT2D eigenvalue weighted by molar-refractivity contribution is 5.93. The van der Waals surface area contributed by atoms with Gasteiger partial charge in [0.15, 0.2) is 11.5 Å². The molecule has 42 heavy (non-hydrogen) atoms. The van der Waals surface area contributed by atoms with Crippen LogP contribution in [0.5, 0.6) is 0 Å². The highest BCUT2D eigenvalue weighted by atomic mass is 19.4. The minimum absolute atomic E-state index is 0.0273. The number of rotatable bonds is 10. The molecule has 3 N–H and O–H groups in total. The van der Waals surface area contributed by atoms with Crippen molar-refractivity contribution in [2.45, 2.75) is 68.5 Å². The van der Waals surface area contributed by atoms with Gasteiger partial charge in [-0.25, -0.2) is 22.8 Å². The van der Waals surface area contributed by atoms with Gasteiger partial charge in [-0.3, -0.25) is 9.59 Å². The van der Waals surface area contributed by atoms with Gasteiger partial charge in [0.2, 0.25) is 11.8 Å². The summed E-state index contributed by atoms with van der Waals surface area (Å²) < 4.78 is 91.4. The fraction of sp³-hybridized carbons (Fsp3) is 0.577. The SMILES string of the molecule is COC[C@@H](C(=O)NCC(F)(F)F)c1ccc2[nH]c([C@@H](NC(=O)c3nonc3C3CC3)C3CCC(F)(F)CC3)nc2c1F. The van der Waals surface area contributed by atoms with E-state index < -0.39 is 73.6 Å². The summed E-state index contributed by atoms with van der Waals surface area (Å²) in [4.78, 5) is 33.0. The van der Waals surface area contributed by atoms with Crippen molar-refractivity contribution in [1.82, 2.24) is 30.9 Å². The van der Waals surface area contributed by atoms with E-state index in [2.05, 4.69) is 25.6 Å². The van der Waals surface area contributed by atoms with Gasteiger partial charge in [0.1, 0.15) is 23.6 Å². The first-order chi connectivity index (χ1) is 19.9. The van der Waals surface area contributed by atoms with Crippen LogP contribution >= 0.6 is 0 Å². The first kappa shape index (κ1) is 29.8. The minimum Gasteiger partial charge on any atom is -0.384 e. The summed E-state index contributed by atoms with van der Waals surface area (Å²) in [5, 5.41) is 12.1. The first-order valence-corrected chi connectivity index (χ1v) is 13.4. The highest BCUT2D eigenvalue weighted by Crippen LogP contribution is 2.43. The smallest absolute Gasteiger partial charge is 0.384 e. The summed E-state index contributed by atoms with van der Waals surface area (Å²) in [6.45, 7) is -2.01. The van der Waals surface area contributed by atoms with Crippen LogP contribution in [-0.4, -0.2) is 64.5 Å². The number of amides is 2. The molecule has 1 aromatic carbocycles. The van der Waals surface area contributed by atoms with Gasteiger partial charge in [-0.05, 0) is 42.8 Å². The van der Waals surface area contributed by atoms with Crippen molar-refractivity contribution in [3.05, 3.63) is 40.7 Å². The van der Waals surface area contributed by atoms with Crippen molar-refractivity contribution in [2.24, 2.45) is 5.92 Å². The van der Waals surface area contributed by atoms with Crippen molar-refractivity contribution in [2.75, 3.05) is 20.3 Å². The molecule has 2 aliphatic carbocycles. The maximum atomic E-state index is 15.8. The lowest BCUT2D eigenvalue weighted by Crippen LogP contribution is -2.38. The number of ether oxygens (including phenoxy) is 1. The largest absolute Gasteiger partial charge is 0.405 e. The predicted molar refractivity (Wildman–Crippen MR) is 133 cm³/mol. The maximum absolute atomic E-state index is 15.8. The van der Waals surface area contributed by atoms with Crippen molar-refractivity contribution in [3.8, 4) is 0 Å². The molecule has 0 spiro atoms. The van der Waals surface area contributed by atoms with Crippen LogP contribution in [0, 0.1) is 11.7 Å². The summed E-state index contributed by atoms with van der Waals surface area (Å²) in [7, 11) is 1.22. The van der Waals surface area contributed by atoms with Gasteiger partial charge in [-0.2, -0.15) is 13.2 Å². The lowest BCUT2D eigenvalue weighted by molar-refractivity contribution is -0.140. The van der Waals surface area contributed by atoms with Crippen LogP contribution in [0.2, 0.25) is 0 Å². The van der Waals surface area contributed by atoms with Crippen molar-refractivity contribution >= 4 is 22.8 Å². The van der Waals surface area contributed by atoms with E-state index in [-0.39, 0.29) is 46.9 Å². The Morgan fingerprint density at radius 1 is 1.17 bits per heavy atom. The molecule has 10 nitrogen and oxygen atoms in total. The molecule has 0 aliphatic heterocycles. The molecule has 0 radical (unpaired) electrons. The normalized spacial score (nSPS) is 19.0. The number of fused-ring (bicyclic) bond motifs is 1. The van der Waals surface area contributed by atoms with Crippen LogP contribution in [0.1, 0.15) is 84.0 Å². The van der Waals surface area contributed by atoms with Gasteiger partial charge in [-0.1, -0.05) is 11.2 Å². The second-order valence-electron chi connectivity index (χ2n) is 10.7. The Labute approximate surface area is 234 Å². The third kappa shape index (κ3) is 6.52. The number of benzene rings is 1. The fourth-order valence-corrected chi connectivity index (χ4v) is 5.27. The van der Waals surface area contributed by atoms with Gasteiger partial charge in [0.25, 0.3) is 5.91 Å². The molecule has 2 saturated carbocycles. The number of methoxy groups -OCH3 is 1. The highest BCUT2D eigenvalue weighted by Gasteiger charge is 2.41. The summed E-state index contributed by atoms with van der Waals surface area (Å²) in [6, 6.07) is 1.68. The van der Waals surface area contributed by atoms with E-state index in [1.54, 1.807) is 5.32 Å². The Balaban J connectivity index is 1.46. The fourth-order valence-electron chi connectivity index (χ4n) is 5.27. The van der Waals surface area contributed by atoms with Crippen molar-refractivity contribution < 1.29 is 45.3 Å². The maximum Gasteiger partial charge on any atom is 0.405 e. The van der Waals surface area contributed by atoms with Crippen LogP contribution in [0.3, 0.4) is 0 Å². The Bertz CT molecular complexity index is 1440. The molecule has 16 heteroatoms. The van der Waals surface area contributed by atoms with Crippen LogP contribution in [0.4, 0.5) is 26.3 Å². The van der Waals surface area contributed by atoms with Gasteiger partial charge < -0.3 is 20.4 Å². The number of imidazole rings is 1. The Morgan fingerprint density at radius 3 is 2.52 bits per heavy atom. The molecule has 2 fully saturated rings. The zero-order valence-corrected chi connectivity index (χ0v) is 22.4. The van der Waals surface area contributed by atoms with Gasteiger partial charge >= 0.3 is 6.18 Å². The van der Waals surface area contributed by atoms with E-state index in [0.29, 0.717) is 5.69 Å². The van der Waals surface area contributed by atoms with E-state index in [1.807, 2.05) is 0 Å². The van der Waals surface area contributed by atoms with Gasteiger partial charge in [0, 0.05) is 31.4 Å². The second kappa shape index (κ2) is 11.5. The number of alkyl halides is 5. The number of hydrogen-bond donors (Lipinski definition) is 3. The van der Waals surface area contributed by atoms with E-state index in [4.69, 9.17) is 9.37 Å². The number of H-pyrrole nitrogens is 1. The zero-order valence-electron chi connectivity index (χ0n) is 22.4. The molecular weight excluding hydrogens is 574 g/mol. The topological polar surface area (TPSA) is 135 Å². The minimum atomic E-state index is -4.67. The summed E-state index contributed by atoms with van der Waals surface area (Å²) in [6.07, 6.45) is -3.76. The van der Waals surface area contributed by atoms with E-state index in [9.17, 15) is 31.5 Å². The molecule has 228 valence electrons. The Hall–Kier alpha value is -3.69. The molecule has 0 bridgehead atoms. The number of aromatic amines is 1. The van der Waals surface area contributed by atoms with Crippen LogP contribution in [-0.2, 0) is 9.53 Å². The number of carbonyl (C=O) groups excluding carboxylic acids is 2. The molecule has 5 rings (SSSR count). The van der Waals surface area contributed by atoms with E-state index >= 15 is 4.39 Å². The molecule has 2 amide bonds. The standard InChI is InChI=1S/C26H28F6N6O4/c1-41-10-15(23(39)33-11-26(30,31)32)14-4-5-16-20(17(14)27)35-22(34-16)19(13-6-8-25(28,29)9-7-13)36-24(40)21-18(12-2-3-12)37-42-38-21/h4-5,12-13,15,19H,2-3,6-11H2,1H3,(H,33,39)(H,34,35)(H,36,40)/t15-,19+/m1/s1. The third-order valence-electron chi connectivity index (χ3n) is 7.64. The molecule has 2 atom stereocenters. The molecule has 2 aliphatic rings. The lowest BCUT2D eigenvalue weighted by Gasteiger charge is -2.33. The van der Waals surface area contributed by atoms with Crippen LogP contribution in [0.15, 0.2) is 16.8 Å².